The third-order valence-electron chi connectivity index (χ3n) is 4.86. The lowest BCUT2D eigenvalue weighted by atomic mass is 10.0. The Labute approximate surface area is 159 Å². The maximum Gasteiger partial charge on any atom is 0.399 e. The molecule has 0 bridgehead atoms. The van der Waals surface area contributed by atoms with Crippen molar-refractivity contribution in [2.75, 3.05) is 6.61 Å². The molecule has 1 aromatic rings. The Kier molecular flexibility index (Phi) is 6.10. The summed E-state index contributed by atoms with van der Waals surface area (Å²) in [4.78, 5) is 0. The molecule has 1 aliphatic carbocycles. The Morgan fingerprint density at radius 2 is 1.96 bits per heavy atom. The van der Waals surface area contributed by atoms with Crippen molar-refractivity contribution >= 4 is 47.8 Å². The quantitative estimate of drug-likeness (QED) is 0.425. The van der Waals surface area contributed by atoms with Crippen LogP contribution in [0.3, 0.4) is 0 Å². The van der Waals surface area contributed by atoms with E-state index in [1.807, 2.05) is 18.2 Å². The van der Waals surface area contributed by atoms with Crippen molar-refractivity contribution < 1.29 is 13.6 Å². The van der Waals surface area contributed by atoms with Crippen LogP contribution in [0.2, 0.25) is 18.1 Å². The fraction of sp³-hybridized carbons (Fsp3) is 0.625. The minimum atomic E-state index is -2.63. The number of hydrogen-bond acceptors (Lipinski definition) is 3. The van der Waals surface area contributed by atoms with Crippen LogP contribution in [0, 0.1) is 0 Å². The largest absolute Gasteiger partial charge is 0.520 e. The Balaban J connectivity index is 1.63. The standard InChI is InChI=1S/C16H23Cl3O3Si2/c1-23(15-5-3-2-4-6-15)21-12-13-11-14(7-8-16(13)22-23)20-9-10-24(17,18)19/h7-8,11,15H,2-6,9-10,12H2,1H3. The van der Waals surface area contributed by atoms with E-state index in [1.54, 1.807) is 0 Å². The summed E-state index contributed by atoms with van der Waals surface area (Å²) in [6, 6.07) is 3.75. The second-order valence-corrected chi connectivity index (χ2v) is 19.3. The lowest BCUT2D eigenvalue weighted by Gasteiger charge is -2.40. The van der Waals surface area contributed by atoms with Gasteiger partial charge in [0.05, 0.1) is 13.2 Å². The van der Waals surface area contributed by atoms with E-state index in [9.17, 15) is 0 Å². The monoisotopic (exact) mass is 424 g/mol. The van der Waals surface area contributed by atoms with Crippen molar-refractivity contribution in [1.29, 1.82) is 0 Å². The first-order valence-electron chi connectivity index (χ1n) is 8.51. The van der Waals surface area contributed by atoms with Gasteiger partial charge >= 0.3 is 14.6 Å². The number of ether oxygens (including phenoxy) is 1. The highest BCUT2D eigenvalue weighted by Crippen LogP contribution is 2.42. The Morgan fingerprint density at radius 1 is 1.21 bits per heavy atom. The smallest absolute Gasteiger partial charge is 0.399 e. The van der Waals surface area contributed by atoms with E-state index < -0.39 is 14.6 Å². The summed E-state index contributed by atoms with van der Waals surface area (Å²) in [6.07, 6.45) is 6.41. The van der Waals surface area contributed by atoms with Gasteiger partial charge in [-0.2, -0.15) is 0 Å². The van der Waals surface area contributed by atoms with Crippen LogP contribution >= 0.6 is 33.2 Å². The molecule has 0 N–H and O–H groups in total. The lowest BCUT2D eigenvalue weighted by Crippen LogP contribution is -2.49. The number of rotatable bonds is 5. The van der Waals surface area contributed by atoms with E-state index in [1.165, 1.54) is 32.1 Å². The summed E-state index contributed by atoms with van der Waals surface area (Å²) in [6.45, 7) is 3.23. The molecule has 3 nitrogen and oxygen atoms in total. The molecule has 2 aliphatic rings. The molecule has 0 radical (unpaired) electrons. The van der Waals surface area contributed by atoms with E-state index in [4.69, 9.17) is 46.8 Å². The molecule has 0 spiro atoms. The van der Waals surface area contributed by atoms with Gasteiger partial charge in [-0.25, -0.2) is 0 Å². The molecule has 3 rings (SSSR count). The normalized spacial score (nSPS) is 25.0. The number of hydrogen-bond donors (Lipinski definition) is 0. The predicted molar refractivity (Wildman–Crippen MR) is 104 cm³/mol. The van der Waals surface area contributed by atoms with Gasteiger partial charge < -0.3 is 13.6 Å². The van der Waals surface area contributed by atoms with Crippen LogP contribution < -0.4 is 9.16 Å². The Bertz CT molecular complexity index is 576. The number of halogens is 3. The van der Waals surface area contributed by atoms with Gasteiger partial charge in [0.1, 0.15) is 11.5 Å². The molecular formula is C16H23Cl3O3Si2. The van der Waals surface area contributed by atoms with Gasteiger partial charge in [-0.1, -0.05) is 19.3 Å². The second kappa shape index (κ2) is 7.76. The molecule has 8 heteroatoms. The average Bonchev–Trinajstić information content (AvgIpc) is 2.55. The minimum absolute atomic E-state index is 0.414. The van der Waals surface area contributed by atoms with Crippen molar-refractivity contribution in [3.05, 3.63) is 23.8 Å². The SMILES string of the molecule is C[Si]1(C2CCCCC2)OCc2cc(OCC[Si](Cl)(Cl)Cl)ccc2O1. The zero-order valence-corrected chi connectivity index (χ0v) is 18.1. The lowest BCUT2D eigenvalue weighted by molar-refractivity contribution is 0.186. The van der Waals surface area contributed by atoms with Gasteiger partial charge in [0, 0.05) is 17.1 Å². The van der Waals surface area contributed by atoms with Crippen LogP contribution in [0.15, 0.2) is 18.2 Å². The van der Waals surface area contributed by atoms with E-state index >= 15 is 0 Å². The first-order chi connectivity index (χ1) is 11.4. The van der Waals surface area contributed by atoms with Crippen molar-refractivity contribution in [2.45, 2.75) is 56.8 Å². The molecular weight excluding hydrogens is 403 g/mol. The summed E-state index contributed by atoms with van der Waals surface area (Å²) in [7, 11) is -2.14. The molecule has 1 aliphatic heterocycles. The molecule has 0 amide bonds. The molecule has 1 unspecified atom stereocenters. The van der Waals surface area contributed by atoms with Crippen molar-refractivity contribution in [3.63, 3.8) is 0 Å². The molecule has 1 atom stereocenters. The van der Waals surface area contributed by atoms with Gasteiger partial charge in [0.25, 0.3) is 0 Å². The molecule has 134 valence electrons. The summed E-state index contributed by atoms with van der Waals surface area (Å²) >= 11 is 17.6. The number of fused-ring (bicyclic) bond motifs is 1. The first kappa shape index (κ1) is 18.9. The second-order valence-electron chi connectivity index (χ2n) is 6.72. The van der Waals surface area contributed by atoms with E-state index in [0.29, 0.717) is 24.8 Å². The molecule has 0 saturated heterocycles. The third kappa shape index (κ3) is 4.83. The molecule has 1 heterocycles. The third-order valence-corrected chi connectivity index (χ3v) is 10.7. The van der Waals surface area contributed by atoms with Crippen LogP contribution in [0.1, 0.15) is 37.7 Å². The number of benzene rings is 1. The van der Waals surface area contributed by atoms with Gasteiger partial charge in [-0.05, 0) is 37.6 Å². The topological polar surface area (TPSA) is 27.7 Å². The van der Waals surface area contributed by atoms with Crippen LogP contribution in [-0.2, 0) is 11.0 Å². The Morgan fingerprint density at radius 3 is 2.67 bits per heavy atom. The minimum Gasteiger partial charge on any atom is -0.520 e. The highest BCUT2D eigenvalue weighted by atomic mass is 35.8. The van der Waals surface area contributed by atoms with Gasteiger partial charge in [0.2, 0.25) is 0 Å². The van der Waals surface area contributed by atoms with E-state index in [2.05, 4.69) is 6.55 Å². The van der Waals surface area contributed by atoms with Gasteiger partial charge in [-0.3, -0.25) is 0 Å². The summed E-state index contributed by atoms with van der Waals surface area (Å²) in [5.74, 6) is 1.72. The molecule has 1 aromatic carbocycles. The van der Waals surface area contributed by atoms with Gasteiger partial charge in [0.15, 0.2) is 0 Å². The Hall–Kier alpha value is 0.0838. The molecule has 1 saturated carbocycles. The highest BCUT2D eigenvalue weighted by Gasteiger charge is 2.46. The zero-order valence-electron chi connectivity index (χ0n) is 13.8. The molecule has 24 heavy (non-hydrogen) atoms. The van der Waals surface area contributed by atoms with Gasteiger partial charge in [-0.15, -0.1) is 33.2 Å². The summed E-state index contributed by atoms with van der Waals surface area (Å²) in [5.41, 5.74) is 1.64. The first-order valence-corrected chi connectivity index (χ1v) is 16.1. The van der Waals surface area contributed by atoms with Crippen LogP contribution in [0.4, 0.5) is 0 Å². The average molecular weight is 426 g/mol. The molecule has 1 fully saturated rings. The fourth-order valence-electron chi connectivity index (χ4n) is 3.44. The van der Waals surface area contributed by atoms with Crippen molar-refractivity contribution in [2.24, 2.45) is 0 Å². The van der Waals surface area contributed by atoms with Crippen LogP contribution in [0.5, 0.6) is 11.5 Å². The maximum absolute atomic E-state index is 6.38. The summed E-state index contributed by atoms with van der Waals surface area (Å²) in [5, 5.41) is 0. The predicted octanol–water partition coefficient (Wildman–Crippen LogP) is 6.04. The summed E-state index contributed by atoms with van der Waals surface area (Å²) < 4.78 is 18.3. The van der Waals surface area contributed by atoms with Crippen LogP contribution in [-0.4, -0.2) is 21.2 Å². The fourth-order valence-corrected chi connectivity index (χ4v) is 7.46. The molecule has 0 aromatic heterocycles. The maximum atomic E-state index is 6.38. The van der Waals surface area contributed by atoms with E-state index in [0.717, 1.165) is 17.1 Å². The van der Waals surface area contributed by atoms with Crippen molar-refractivity contribution in [1.82, 2.24) is 0 Å². The van der Waals surface area contributed by atoms with E-state index in [-0.39, 0.29) is 0 Å². The van der Waals surface area contributed by atoms with Crippen molar-refractivity contribution in [3.8, 4) is 11.5 Å². The highest BCUT2D eigenvalue weighted by molar-refractivity contribution is 7.64. The van der Waals surface area contributed by atoms with Crippen LogP contribution in [0.25, 0.3) is 0 Å². The zero-order chi connectivity index (χ0) is 17.2.